The predicted molar refractivity (Wildman–Crippen MR) is 60.0 cm³/mol. The maximum Gasteiger partial charge on any atom is 0.310 e. The molecule has 0 fully saturated rings. The van der Waals surface area contributed by atoms with Gasteiger partial charge in [-0.15, -0.1) is 0 Å². The maximum absolute atomic E-state index is 11.2. The summed E-state index contributed by atoms with van der Waals surface area (Å²) < 4.78 is 4.99. The Kier molecular flexibility index (Phi) is 4.20. The standard InChI is InChI=1S/C11H8BrNO3/c1-16-10(15)4-9-7(5-13)2-3-8(6-14)11(9)12/h2-3,6H,4H2,1H3. The maximum atomic E-state index is 11.2. The summed E-state index contributed by atoms with van der Waals surface area (Å²) in [5, 5.41) is 8.88. The molecule has 0 radical (unpaired) electrons. The average molecular weight is 282 g/mol. The zero-order valence-corrected chi connectivity index (χ0v) is 10.1. The third-order valence-electron chi connectivity index (χ3n) is 2.07. The number of benzene rings is 1. The lowest BCUT2D eigenvalue weighted by Gasteiger charge is -2.07. The Balaban J connectivity index is 3.27. The topological polar surface area (TPSA) is 67.2 Å². The molecule has 0 aliphatic carbocycles. The fourth-order valence-corrected chi connectivity index (χ4v) is 1.80. The second-order valence-electron chi connectivity index (χ2n) is 2.98. The van der Waals surface area contributed by atoms with E-state index in [2.05, 4.69) is 20.7 Å². The summed E-state index contributed by atoms with van der Waals surface area (Å²) in [4.78, 5) is 21.9. The van der Waals surface area contributed by atoms with Gasteiger partial charge >= 0.3 is 5.97 Å². The number of halogens is 1. The number of nitriles is 1. The van der Waals surface area contributed by atoms with Crippen LogP contribution in [0.5, 0.6) is 0 Å². The Morgan fingerprint density at radius 3 is 2.81 bits per heavy atom. The fourth-order valence-electron chi connectivity index (χ4n) is 1.22. The summed E-state index contributed by atoms with van der Waals surface area (Å²) in [6, 6.07) is 4.99. The van der Waals surface area contributed by atoms with Crippen LogP contribution >= 0.6 is 15.9 Å². The minimum Gasteiger partial charge on any atom is -0.469 e. The molecule has 16 heavy (non-hydrogen) atoms. The van der Waals surface area contributed by atoms with E-state index in [1.54, 1.807) is 0 Å². The van der Waals surface area contributed by atoms with Gasteiger partial charge in [0.05, 0.1) is 25.2 Å². The number of ether oxygens (including phenoxy) is 1. The number of carbonyl (C=O) groups is 2. The molecule has 5 heteroatoms. The molecular weight excluding hydrogens is 274 g/mol. The van der Waals surface area contributed by atoms with Gasteiger partial charge in [-0.05, 0) is 33.6 Å². The van der Waals surface area contributed by atoms with Crippen LogP contribution in [0, 0.1) is 11.3 Å². The molecule has 0 amide bonds. The number of esters is 1. The first-order valence-corrected chi connectivity index (χ1v) is 5.16. The molecule has 0 aliphatic heterocycles. The molecule has 0 atom stereocenters. The van der Waals surface area contributed by atoms with E-state index < -0.39 is 5.97 Å². The number of methoxy groups -OCH3 is 1. The van der Waals surface area contributed by atoms with E-state index in [1.807, 2.05) is 6.07 Å². The summed E-state index contributed by atoms with van der Waals surface area (Å²) in [7, 11) is 1.27. The second kappa shape index (κ2) is 5.42. The number of hydrogen-bond donors (Lipinski definition) is 0. The second-order valence-corrected chi connectivity index (χ2v) is 3.77. The summed E-state index contributed by atoms with van der Waals surface area (Å²) in [6.07, 6.45) is 0.619. The molecule has 0 heterocycles. The molecule has 4 nitrogen and oxygen atoms in total. The highest BCUT2D eigenvalue weighted by atomic mass is 79.9. The van der Waals surface area contributed by atoms with Crippen LogP contribution in [-0.4, -0.2) is 19.4 Å². The minimum atomic E-state index is -0.458. The molecule has 1 aromatic rings. The van der Waals surface area contributed by atoms with Crippen LogP contribution in [0.4, 0.5) is 0 Å². The summed E-state index contributed by atoms with van der Waals surface area (Å²) >= 11 is 3.20. The first kappa shape index (κ1) is 12.4. The molecule has 0 unspecified atom stereocenters. The van der Waals surface area contributed by atoms with E-state index in [0.29, 0.717) is 27.4 Å². The van der Waals surface area contributed by atoms with Crippen molar-refractivity contribution >= 4 is 28.2 Å². The number of aldehydes is 1. The van der Waals surface area contributed by atoms with Crippen molar-refractivity contribution in [2.24, 2.45) is 0 Å². The van der Waals surface area contributed by atoms with Crippen LogP contribution < -0.4 is 0 Å². The van der Waals surface area contributed by atoms with Crippen LogP contribution in [-0.2, 0) is 16.0 Å². The Morgan fingerprint density at radius 2 is 2.31 bits per heavy atom. The van der Waals surface area contributed by atoms with Gasteiger partial charge in [0.15, 0.2) is 6.29 Å². The molecular formula is C11H8BrNO3. The molecule has 1 aromatic carbocycles. The lowest BCUT2D eigenvalue weighted by molar-refractivity contribution is -0.139. The Bertz CT molecular complexity index is 477. The van der Waals surface area contributed by atoms with Crippen molar-refractivity contribution in [3.8, 4) is 6.07 Å². The first-order valence-electron chi connectivity index (χ1n) is 4.37. The van der Waals surface area contributed by atoms with Gasteiger partial charge in [-0.2, -0.15) is 5.26 Å². The number of rotatable bonds is 3. The lowest BCUT2D eigenvalue weighted by Crippen LogP contribution is -2.07. The highest BCUT2D eigenvalue weighted by Crippen LogP contribution is 2.24. The quantitative estimate of drug-likeness (QED) is 0.626. The van der Waals surface area contributed by atoms with E-state index in [-0.39, 0.29) is 6.42 Å². The average Bonchev–Trinajstić information content (AvgIpc) is 2.31. The Morgan fingerprint density at radius 1 is 1.62 bits per heavy atom. The molecule has 0 aliphatic rings. The van der Waals surface area contributed by atoms with Crippen LogP contribution in [0.2, 0.25) is 0 Å². The van der Waals surface area contributed by atoms with E-state index in [9.17, 15) is 9.59 Å². The number of nitrogens with zero attached hydrogens (tertiary/aromatic N) is 1. The van der Waals surface area contributed by atoms with Crippen molar-refractivity contribution in [1.82, 2.24) is 0 Å². The molecule has 0 saturated carbocycles. The SMILES string of the molecule is COC(=O)Cc1c(C#N)ccc(C=O)c1Br. The van der Waals surface area contributed by atoms with Gasteiger partial charge in [-0.25, -0.2) is 0 Å². The summed E-state index contributed by atoms with van der Waals surface area (Å²) in [6.45, 7) is 0. The van der Waals surface area contributed by atoms with Crippen molar-refractivity contribution in [2.45, 2.75) is 6.42 Å². The predicted octanol–water partition coefficient (Wildman–Crippen LogP) is 1.85. The fraction of sp³-hybridized carbons (Fsp3) is 0.182. The van der Waals surface area contributed by atoms with Gasteiger partial charge in [0.25, 0.3) is 0 Å². The molecule has 0 bridgehead atoms. The molecule has 0 spiro atoms. The van der Waals surface area contributed by atoms with Gasteiger partial charge in [0.2, 0.25) is 0 Å². The summed E-state index contributed by atoms with van der Waals surface area (Å²) in [5.41, 5.74) is 1.22. The highest BCUT2D eigenvalue weighted by molar-refractivity contribution is 9.10. The lowest BCUT2D eigenvalue weighted by atomic mass is 10.0. The smallest absolute Gasteiger partial charge is 0.310 e. The zero-order valence-electron chi connectivity index (χ0n) is 8.49. The highest BCUT2D eigenvalue weighted by Gasteiger charge is 2.14. The Labute approximate surface area is 101 Å². The number of hydrogen-bond acceptors (Lipinski definition) is 4. The minimum absolute atomic E-state index is 0.0400. The molecule has 0 saturated heterocycles. The molecule has 0 aromatic heterocycles. The molecule has 82 valence electrons. The van der Waals surface area contributed by atoms with Crippen LogP contribution in [0.15, 0.2) is 16.6 Å². The van der Waals surface area contributed by atoms with Crippen molar-refractivity contribution < 1.29 is 14.3 Å². The number of carbonyl (C=O) groups excluding carboxylic acids is 2. The third kappa shape index (κ3) is 2.47. The van der Waals surface area contributed by atoms with Gasteiger partial charge in [0, 0.05) is 10.0 Å². The van der Waals surface area contributed by atoms with E-state index in [4.69, 9.17) is 5.26 Å². The van der Waals surface area contributed by atoms with Crippen molar-refractivity contribution in [1.29, 1.82) is 5.26 Å². The van der Waals surface area contributed by atoms with Crippen molar-refractivity contribution in [3.63, 3.8) is 0 Å². The Hall–Kier alpha value is -1.67. The molecule has 0 N–H and O–H groups in total. The van der Waals surface area contributed by atoms with Gasteiger partial charge in [-0.3, -0.25) is 9.59 Å². The van der Waals surface area contributed by atoms with E-state index in [0.717, 1.165) is 0 Å². The van der Waals surface area contributed by atoms with Crippen molar-refractivity contribution in [3.05, 3.63) is 33.3 Å². The van der Waals surface area contributed by atoms with Crippen LogP contribution in [0.1, 0.15) is 21.5 Å². The first-order chi connectivity index (χ1) is 7.63. The van der Waals surface area contributed by atoms with Gasteiger partial charge < -0.3 is 4.74 Å². The zero-order chi connectivity index (χ0) is 12.1. The van der Waals surface area contributed by atoms with E-state index >= 15 is 0 Å². The van der Waals surface area contributed by atoms with E-state index in [1.165, 1.54) is 19.2 Å². The van der Waals surface area contributed by atoms with Crippen molar-refractivity contribution in [2.75, 3.05) is 7.11 Å². The normalized spacial score (nSPS) is 9.31. The monoisotopic (exact) mass is 281 g/mol. The molecule has 1 rings (SSSR count). The largest absolute Gasteiger partial charge is 0.469 e. The van der Waals surface area contributed by atoms with Gasteiger partial charge in [0.1, 0.15) is 0 Å². The van der Waals surface area contributed by atoms with Gasteiger partial charge in [-0.1, -0.05) is 0 Å². The third-order valence-corrected chi connectivity index (χ3v) is 3.01. The van der Waals surface area contributed by atoms with Crippen LogP contribution in [0.3, 0.4) is 0 Å². The summed E-state index contributed by atoms with van der Waals surface area (Å²) in [5.74, 6) is -0.458. The van der Waals surface area contributed by atoms with Crippen LogP contribution in [0.25, 0.3) is 0 Å².